The molecule has 11 heteroatoms. The van der Waals surface area contributed by atoms with E-state index < -0.39 is 28.7 Å². The van der Waals surface area contributed by atoms with Crippen molar-refractivity contribution in [3.05, 3.63) is 70.8 Å². The molecule has 1 aliphatic rings. The minimum atomic E-state index is -4.30. The first-order valence-corrected chi connectivity index (χ1v) is 13.1. The Bertz CT molecular complexity index is 1190. The maximum atomic E-state index is 14.1. The number of hydrogen-bond donors (Lipinski definition) is 1. The number of ketones is 1. The van der Waals surface area contributed by atoms with E-state index in [4.69, 9.17) is 25.4 Å². The Morgan fingerprint density at radius 2 is 1.62 bits per heavy atom. The summed E-state index contributed by atoms with van der Waals surface area (Å²) in [5.41, 5.74) is 0.216. The van der Waals surface area contributed by atoms with Crippen LogP contribution in [0.1, 0.15) is 29.8 Å². The van der Waals surface area contributed by atoms with Gasteiger partial charge in [-0.25, -0.2) is 8.42 Å². The van der Waals surface area contributed by atoms with Crippen LogP contribution in [-0.2, 0) is 28.9 Å². The van der Waals surface area contributed by atoms with Gasteiger partial charge in [0.05, 0.1) is 30.3 Å². The fraction of sp³-hybridized carbons (Fsp3) is 0.286. The zero-order chi connectivity index (χ0) is 23.6. The minimum absolute atomic E-state index is 0.0368. The summed E-state index contributed by atoms with van der Waals surface area (Å²) in [6.07, 6.45) is 1.10. The third-order valence-electron chi connectivity index (χ3n) is 4.82. The van der Waals surface area contributed by atoms with Gasteiger partial charge in [0.25, 0.3) is 0 Å². The van der Waals surface area contributed by atoms with E-state index in [1.54, 1.807) is 26.0 Å². The second-order valence-corrected chi connectivity index (χ2v) is 11.1. The lowest BCUT2D eigenvalue weighted by atomic mass is 9.92. The second kappa shape index (κ2) is 9.47. The highest BCUT2D eigenvalue weighted by molar-refractivity contribution is 7.90. The van der Waals surface area contributed by atoms with Crippen LogP contribution in [0.4, 0.5) is 0 Å². The van der Waals surface area contributed by atoms with E-state index in [1.807, 2.05) is 0 Å². The fourth-order valence-corrected chi connectivity index (χ4v) is 7.71. The number of carbonyl (C=O) groups excluding carboxylic acids is 1. The number of benzene rings is 2. The molecule has 1 N–H and O–H groups in total. The number of carbonyl (C=O) groups is 1. The van der Waals surface area contributed by atoms with Crippen molar-refractivity contribution in [1.29, 1.82) is 0 Å². The van der Waals surface area contributed by atoms with Crippen molar-refractivity contribution in [2.75, 3.05) is 20.3 Å². The van der Waals surface area contributed by atoms with E-state index in [0.717, 1.165) is 6.08 Å². The number of rotatable bonds is 9. The Balaban J connectivity index is 2.29. The molecule has 1 aliphatic carbocycles. The van der Waals surface area contributed by atoms with Gasteiger partial charge in [0.15, 0.2) is 5.28 Å². The number of allylic oxidation sites excluding steroid dienone is 1. The van der Waals surface area contributed by atoms with E-state index in [-0.39, 0.29) is 34.3 Å². The molecule has 1 atom stereocenters. The number of halogens is 1. The number of methoxy groups -OCH3 is 1. The fourth-order valence-electron chi connectivity index (χ4n) is 3.44. The molecule has 0 radical (unpaired) electrons. The lowest BCUT2D eigenvalue weighted by Gasteiger charge is -2.40. The predicted octanol–water partition coefficient (Wildman–Crippen LogP) is 4.41. The van der Waals surface area contributed by atoms with Crippen molar-refractivity contribution in [1.82, 2.24) is 4.72 Å². The molecule has 0 fully saturated rings. The normalized spacial score (nSPS) is 18.8. The molecule has 0 aliphatic heterocycles. The first kappa shape index (κ1) is 24.6. The number of Topliss-reactive ketones (excluding diaryl/α,β-unsaturated/α-hetero) is 1. The van der Waals surface area contributed by atoms with E-state index in [2.05, 4.69) is 4.72 Å². The van der Waals surface area contributed by atoms with Crippen LogP contribution in [0, 0.1) is 0 Å². The molecule has 0 amide bonds. The summed E-state index contributed by atoms with van der Waals surface area (Å²) in [6, 6.07) is 11.8. The molecule has 3 rings (SSSR count). The molecule has 172 valence electrons. The van der Waals surface area contributed by atoms with Crippen LogP contribution in [0.15, 0.2) is 64.5 Å². The molecule has 0 spiro atoms. The van der Waals surface area contributed by atoms with E-state index in [0.29, 0.717) is 5.75 Å². The summed E-state index contributed by atoms with van der Waals surface area (Å²) < 4.78 is 59.6. The van der Waals surface area contributed by atoms with Gasteiger partial charge in [0, 0.05) is 11.1 Å². The van der Waals surface area contributed by atoms with Gasteiger partial charge in [-0.3, -0.25) is 9.36 Å². The highest BCUT2D eigenvalue weighted by Crippen LogP contribution is 2.66. The molecule has 0 saturated heterocycles. The van der Waals surface area contributed by atoms with Gasteiger partial charge in [-0.15, -0.1) is 0 Å². The summed E-state index contributed by atoms with van der Waals surface area (Å²) in [5.74, 6) is -0.0643. The molecule has 8 nitrogen and oxygen atoms in total. The summed E-state index contributed by atoms with van der Waals surface area (Å²) >= 11 is 6.23. The number of hydrogen-bond acceptors (Lipinski definition) is 7. The van der Waals surface area contributed by atoms with Crippen LogP contribution in [0.5, 0.6) is 5.75 Å². The molecule has 2 aromatic rings. The number of sulfonamides is 1. The second-order valence-electron chi connectivity index (χ2n) is 6.75. The number of ether oxygens (including phenoxy) is 1. The Kier molecular flexibility index (Phi) is 7.29. The summed E-state index contributed by atoms with van der Waals surface area (Å²) in [7, 11) is -7.12. The zero-order valence-corrected chi connectivity index (χ0v) is 20.2. The first-order valence-electron chi connectivity index (χ1n) is 9.74. The molecule has 1 unspecified atom stereocenters. The van der Waals surface area contributed by atoms with Gasteiger partial charge >= 0.3 is 7.60 Å². The molecule has 0 aromatic heterocycles. The summed E-state index contributed by atoms with van der Waals surface area (Å²) in [4.78, 5) is 12.6. The Hall–Kier alpha value is -2.00. The van der Waals surface area contributed by atoms with Gasteiger partial charge in [-0.05, 0) is 44.2 Å². The molecule has 2 aromatic carbocycles. The third-order valence-corrected chi connectivity index (χ3v) is 9.28. The molecular formula is C21H23ClNO7PS. The van der Waals surface area contributed by atoms with Crippen molar-refractivity contribution in [3.63, 3.8) is 0 Å². The lowest BCUT2D eigenvalue weighted by molar-refractivity contribution is 0.103. The van der Waals surface area contributed by atoms with Crippen molar-refractivity contribution in [2.45, 2.75) is 24.0 Å². The largest absolute Gasteiger partial charge is 0.497 e. The van der Waals surface area contributed by atoms with E-state index >= 15 is 0 Å². The van der Waals surface area contributed by atoms with Gasteiger partial charge in [0.2, 0.25) is 15.8 Å². The Morgan fingerprint density at radius 1 is 1.03 bits per heavy atom. The van der Waals surface area contributed by atoms with Crippen LogP contribution in [0.3, 0.4) is 0 Å². The lowest BCUT2D eigenvalue weighted by Crippen LogP contribution is -2.47. The van der Waals surface area contributed by atoms with Crippen LogP contribution in [0.25, 0.3) is 0 Å². The molecular weight excluding hydrogens is 477 g/mol. The third kappa shape index (κ3) is 4.29. The quantitative estimate of drug-likeness (QED) is 0.509. The molecule has 0 saturated carbocycles. The first-order chi connectivity index (χ1) is 15.1. The SMILES string of the molecule is CCOP(=O)(OCC)C1(NS(=O)(=O)c2ccc(OC)cc2)C=C(Cl)C(=O)c2ccccc21. The maximum Gasteiger partial charge on any atom is 0.360 e. The number of nitrogens with one attached hydrogen (secondary N) is 1. The zero-order valence-electron chi connectivity index (χ0n) is 17.7. The van der Waals surface area contributed by atoms with Gasteiger partial charge in [-0.2, -0.15) is 4.72 Å². The van der Waals surface area contributed by atoms with E-state index in [9.17, 15) is 17.8 Å². The predicted molar refractivity (Wildman–Crippen MR) is 121 cm³/mol. The molecule has 0 heterocycles. The van der Waals surface area contributed by atoms with Crippen molar-refractivity contribution < 1.29 is 31.6 Å². The molecule has 32 heavy (non-hydrogen) atoms. The smallest absolute Gasteiger partial charge is 0.360 e. The average Bonchev–Trinajstić information content (AvgIpc) is 2.77. The van der Waals surface area contributed by atoms with Gasteiger partial charge in [0.1, 0.15) is 5.75 Å². The summed E-state index contributed by atoms with van der Waals surface area (Å²) in [6.45, 7) is 3.13. The summed E-state index contributed by atoms with van der Waals surface area (Å²) in [5, 5.41) is -2.37. The minimum Gasteiger partial charge on any atom is -0.497 e. The van der Waals surface area contributed by atoms with Crippen LogP contribution in [0.2, 0.25) is 0 Å². The van der Waals surface area contributed by atoms with Crippen LogP contribution < -0.4 is 9.46 Å². The van der Waals surface area contributed by atoms with E-state index in [1.165, 1.54) is 43.5 Å². The number of fused-ring (bicyclic) bond motifs is 1. The highest BCUT2D eigenvalue weighted by Gasteiger charge is 2.57. The topological polar surface area (TPSA) is 108 Å². The van der Waals surface area contributed by atoms with Crippen molar-refractivity contribution in [2.24, 2.45) is 0 Å². The van der Waals surface area contributed by atoms with Gasteiger partial charge < -0.3 is 13.8 Å². The molecule has 0 bridgehead atoms. The maximum absolute atomic E-state index is 14.1. The highest BCUT2D eigenvalue weighted by atomic mass is 35.5. The standard InChI is InChI=1S/C21H23ClNO7PS/c1-4-29-31(25,30-5-2)21(14-19(22)20(24)17-8-6-7-9-18(17)21)23-32(26,27)16-12-10-15(28-3)11-13-16/h6-14,23H,4-5H2,1-3H3. The van der Waals surface area contributed by atoms with Crippen molar-refractivity contribution >= 4 is 35.0 Å². The Labute approximate surface area is 192 Å². The van der Waals surface area contributed by atoms with Crippen LogP contribution in [-0.4, -0.2) is 34.5 Å². The van der Waals surface area contributed by atoms with Crippen LogP contribution >= 0.6 is 19.2 Å². The van der Waals surface area contributed by atoms with Crippen molar-refractivity contribution in [3.8, 4) is 5.75 Å². The van der Waals surface area contributed by atoms with Gasteiger partial charge in [-0.1, -0.05) is 35.9 Å². The average molecular weight is 500 g/mol. The monoisotopic (exact) mass is 499 g/mol. The Morgan fingerprint density at radius 3 is 2.19 bits per heavy atom.